The zero-order valence-electron chi connectivity index (χ0n) is 60.8. The molecular formula is C72H104N2O28S3-2. The monoisotopic (exact) mass is 1540 g/mol. The Morgan fingerprint density at radius 1 is 0.476 bits per heavy atom. The quantitative estimate of drug-likeness (QED) is 0.0395. The van der Waals surface area contributed by atoms with Gasteiger partial charge in [-0.3, -0.25) is 4.79 Å². The first kappa shape index (κ1) is 88.4. The lowest BCUT2D eigenvalue weighted by Gasteiger charge is -2.31. The fraction of sp³-hybridized carbons (Fsp3) is 0.611. The van der Waals surface area contributed by atoms with Crippen molar-refractivity contribution in [2.24, 2.45) is 0 Å². The van der Waals surface area contributed by atoms with Crippen molar-refractivity contribution >= 4 is 53.4 Å². The summed E-state index contributed by atoms with van der Waals surface area (Å²) in [5.41, 5.74) is 3.02. The van der Waals surface area contributed by atoms with Crippen LogP contribution in [0.3, 0.4) is 0 Å². The first-order valence-corrected chi connectivity index (χ1v) is 39.2. The SMILES string of the molecule is COCCOCCOCCOCC[N+]1=C(/C=C/C2=C(Oc3ccc(S(=O)(=O)[O-])cc3)C(=C/C=C3/N(CCOCCOCCOCCOCCC(=O)O)c4ccc(S(=O)(=O)[O-])cc4C3(C)CCOCCOCCOCCOC)/CCC2)C(C)(CCOCCOCCOCCOC)c2cc(S(=O)(=O)[O-])ccc21. The third kappa shape index (κ3) is 30.1. The van der Waals surface area contributed by atoms with E-state index in [1.807, 2.05) is 47.6 Å². The Balaban J connectivity index is 1.41. The second-order valence-electron chi connectivity index (χ2n) is 24.5. The van der Waals surface area contributed by atoms with Gasteiger partial charge in [0.2, 0.25) is 5.69 Å². The van der Waals surface area contributed by atoms with Crippen LogP contribution in [0.25, 0.3) is 0 Å². The van der Waals surface area contributed by atoms with E-state index in [2.05, 4.69) is 0 Å². The van der Waals surface area contributed by atoms with E-state index in [-0.39, 0.29) is 144 Å². The molecule has 0 radical (unpaired) electrons. The van der Waals surface area contributed by atoms with E-state index < -0.39 is 61.8 Å². The van der Waals surface area contributed by atoms with Crippen LogP contribution >= 0.6 is 0 Å². The second-order valence-corrected chi connectivity index (χ2v) is 28.7. The Kier molecular flexibility index (Phi) is 39.9. The van der Waals surface area contributed by atoms with E-state index in [1.54, 1.807) is 33.5 Å². The maximum absolute atomic E-state index is 12.8. The average Bonchev–Trinajstić information content (AvgIpc) is 1.59. The molecule has 2 unspecified atom stereocenters. The largest absolute Gasteiger partial charge is 0.744 e. The number of anilines is 1. The number of carboxylic acid groups (broad SMARTS) is 1. The maximum Gasteiger partial charge on any atom is 0.305 e. The minimum Gasteiger partial charge on any atom is -0.744 e. The molecule has 6 rings (SSSR count). The molecule has 590 valence electrons. The van der Waals surface area contributed by atoms with Crippen molar-refractivity contribution in [1.82, 2.24) is 0 Å². The molecule has 105 heavy (non-hydrogen) atoms. The summed E-state index contributed by atoms with van der Waals surface area (Å²) in [6, 6.07) is 13.7. The number of rotatable bonds is 59. The number of ether oxygens (including phenoxy) is 17. The molecule has 2 aliphatic heterocycles. The van der Waals surface area contributed by atoms with Gasteiger partial charge in [0.15, 0.2) is 12.3 Å². The molecule has 3 aliphatic rings. The van der Waals surface area contributed by atoms with Gasteiger partial charge in [0.1, 0.15) is 48.5 Å². The number of benzene rings is 3. The lowest BCUT2D eigenvalue weighted by molar-refractivity contribution is -0.442. The highest BCUT2D eigenvalue weighted by molar-refractivity contribution is 7.86. The highest BCUT2D eigenvalue weighted by atomic mass is 32.2. The maximum atomic E-state index is 12.8. The van der Waals surface area contributed by atoms with Gasteiger partial charge < -0.3 is 104 Å². The van der Waals surface area contributed by atoms with Crippen LogP contribution in [0.1, 0.15) is 63.5 Å². The van der Waals surface area contributed by atoms with Crippen LogP contribution < -0.4 is 9.64 Å². The smallest absolute Gasteiger partial charge is 0.305 e. The molecule has 33 heteroatoms. The van der Waals surface area contributed by atoms with Gasteiger partial charge >= 0.3 is 5.97 Å². The van der Waals surface area contributed by atoms with Crippen molar-refractivity contribution in [3.63, 3.8) is 0 Å². The zero-order chi connectivity index (χ0) is 75.8. The van der Waals surface area contributed by atoms with E-state index in [9.17, 15) is 43.7 Å². The lowest BCUT2D eigenvalue weighted by atomic mass is 9.76. The fourth-order valence-corrected chi connectivity index (χ4v) is 13.2. The van der Waals surface area contributed by atoms with E-state index in [4.69, 9.17) is 85.6 Å². The number of hydrogen-bond acceptors (Lipinski definition) is 28. The van der Waals surface area contributed by atoms with E-state index >= 15 is 0 Å². The number of allylic oxidation sites excluding steroid dienone is 7. The van der Waals surface area contributed by atoms with Crippen molar-refractivity contribution in [3.05, 3.63) is 119 Å². The van der Waals surface area contributed by atoms with Crippen molar-refractivity contribution < 1.29 is 134 Å². The van der Waals surface area contributed by atoms with Gasteiger partial charge in [-0.2, -0.15) is 4.58 Å². The summed E-state index contributed by atoms with van der Waals surface area (Å²) in [5, 5.41) is 8.82. The molecule has 2 heterocycles. The normalized spacial score (nSPS) is 17.9. The Morgan fingerprint density at radius 3 is 1.35 bits per heavy atom. The van der Waals surface area contributed by atoms with Gasteiger partial charge in [0, 0.05) is 75.6 Å². The molecule has 30 nitrogen and oxygen atoms in total. The predicted molar refractivity (Wildman–Crippen MR) is 380 cm³/mol. The minimum atomic E-state index is -4.95. The molecule has 0 fully saturated rings. The Bertz CT molecular complexity index is 3620. The zero-order valence-corrected chi connectivity index (χ0v) is 63.3. The predicted octanol–water partition coefficient (Wildman–Crippen LogP) is 5.83. The number of methoxy groups -OCH3 is 3. The molecule has 0 aromatic heterocycles. The third-order valence-electron chi connectivity index (χ3n) is 17.2. The molecule has 3 aromatic rings. The number of carbonyl (C=O) groups is 1. The summed E-state index contributed by atoms with van der Waals surface area (Å²) in [7, 11) is -9.97. The van der Waals surface area contributed by atoms with Crippen LogP contribution in [0.4, 0.5) is 11.4 Å². The molecule has 0 saturated heterocycles. The number of fused-ring (bicyclic) bond motifs is 2. The topological polar surface area (TPSA) is 372 Å². The summed E-state index contributed by atoms with van der Waals surface area (Å²) >= 11 is 0. The van der Waals surface area contributed by atoms with Crippen LogP contribution in [0.15, 0.2) is 122 Å². The van der Waals surface area contributed by atoms with Crippen LogP contribution in [0, 0.1) is 0 Å². The number of aliphatic carboxylic acids is 1. The molecule has 2 atom stereocenters. The molecule has 1 N–H and O–H groups in total. The fourth-order valence-electron chi connectivity index (χ4n) is 11.7. The summed E-state index contributed by atoms with van der Waals surface area (Å²) in [5.74, 6) is -0.377. The van der Waals surface area contributed by atoms with Gasteiger partial charge in [0.25, 0.3) is 0 Å². The van der Waals surface area contributed by atoms with Gasteiger partial charge in [-0.05, 0) is 129 Å². The van der Waals surface area contributed by atoms with Crippen molar-refractivity contribution in [2.45, 2.75) is 77.9 Å². The molecule has 0 saturated carbocycles. The molecule has 1 aliphatic carbocycles. The third-order valence-corrected chi connectivity index (χ3v) is 19.7. The lowest BCUT2D eigenvalue weighted by Crippen LogP contribution is -2.33. The second kappa shape index (κ2) is 47.4. The molecular weight excluding hydrogens is 1440 g/mol. The Morgan fingerprint density at radius 2 is 0.886 bits per heavy atom. The number of nitrogens with zero attached hydrogens (tertiary/aromatic N) is 2. The standard InChI is InChI=1S/C72H106N2O28S3/c1-71(22-27-90-38-43-98-50-47-94-34-31-86-3)63-55-61(104(80,81)82)15-17-65(63)73(24-29-92-40-45-100-52-49-96-36-33-88-5)67(71)19-9-57-7-6-8-58(70(57)102-59-11-13-60(14-12-59)103(77,78)79)10-20-68-72(2,23-28-91-39-44-99-51-48-95-35-32-87-4)64-56-62(105(83,84)85)16-18-66(64)74(68)25-30-93-41-46-101-54-53-97-42-37-89-26-21-69(75)76/h9-20,55-56H,6-8,21-54H2,1-5H3,(H3-,75,76,77,78,79,80,81,82,83,84,85)/p-2. The van der Waals surface area contributed by atoms with E-state index in [0.717, 1.165) is 12.1 Å². The highest BCUT2D eigenvalue weighted by Crippen LogP contribution is 2.51. The Hall–Kier alpha value is -5.55. The summed E-state index contributed by atoms with van der Waals surface area (Å²) in [6.45, 7) is 12.8. The first-order chi connectivity index (χ1) is 50.6. The number of hydrogen-bond donors (Lipinski definition) is 1. The molecule has 0 bridgehead atoms. The average molecular weight is 1540 g/mol. The minimum absolute atomic E-state index is 0.0806. The summed E-state index contributed by atoms with van der Waals surface area (Å²) in [4.78, 5) is 11.5. The van der Waals surface area contributed by atoms with Crippen molar-refractivity contribution in [1.29, 1.82) is 0 Å². The van der Waals surface area contributed by atoms with E-state index in [0.29, 0.717) is 156 Å². The molecule has 0 spiro atoms. The van der Waals surface area contributed by atoms with Crippen LogP contribution in [-0.4, -0.2) is 286 Å². The first-order valence-electron chi connectivity index (χ1n) is 35.0. The molecule has 0 amide bonds. The van der Waals surface area contributed by atoms with E-state index in [1.165, 1.54) is 36.4 Å². The summed E-state index contributed by atoms with van der Waals surface area (Å²) in [6.07, 6.45) is 9.63. The van der Waals surface area contributed by atoms with Gasteiger partial charge in [-0.25, -0.2) is 25.3 Å². The van der Waals surface area contributed by atoms with Gasteiger partial charge in [0.05, 0.1) is 198 Å². The number of carboxylic acids is 1. The van der Waals surface area contributed by atoms with Gasteiger partial charge in [-0.15, -0.1) is 0 Å². The van der Waals surface area contributed by atoms with Crippen molar-refractivity contribution in [2.75, 3.05) is 231 Å². The summed E-state index contributed by atoms with van der Waals surface area (Å²) < 4.78 is 213. The molecule has 3 aromatic carbocycles. The Labute approximate surface area is 617 Å². The van der Waals surface area contributed by atoms with Crippen molar-refractivity contribution in [3.8, 4) is 5.75 Å². The highest BCUT2D eigenvalue weighted by Gasteiger charge is 2.48. The van der Waals surface area contributed by atoms with Crippen LogP contribution in [-0.2, 0) is 122 Å². The van der Waals surface area contributed by atoms with Crippen LogP contribution in [0.5, 0.6) is 5.75 Å². The van der Waals surface area contributed by atoms with Gasteiger partial charge in [-0.1, -0.05) is 6.08 Å². The van der Waals surface area contributed by atoms with Crippen LogP contribution in [0.2, 0.25) is 0 Å².